The van der Waals surface area contributed by atoms with E-state index < -0.39 is 23.9 Å². The van der Waals surface area contributed by atoms with Gasteiger partial charge in [-0.15, -0.1) is 0 Å². The van der Waals surface area contributed by atoms with Crippen molar-refractivity contribution in [2.45, 2.75) is 18.9 Å². The molecule has 2 heterocycles. The predicted octanol–water partition coefficient (Wildman–Crippen LogP) is 4.35. The lowest BCUT2D eigenvalue weighted by Crippen LogP contribution is -2.53. The maximum atomic E-state index is 13.2. The normalized spacial score (nSPS) is 19.3. The molecule has 1 aliphatic heterocycles. The van der Waals surface area contributed by atoms with Gasteiger partial charge in [0.15, 0.2) is 10.7 Å². The zero-order chi connectivity index (χ0) is 18.5. The summed E-state index contributed by atoms with van der Waals surface area (Å²) in [7, 11) is 0. The molecule has 2 aromatic carbocycles. The Morgan fingerprint density at radius 3 is 2.88 bits per heavy atom. The van der Waals surface area contributed by atoms with Gasteiger partial charge in [-0.3, -0.25) is 9.59 Å². The number of carbonyl (C=O) groups is 2. The summed E-state index contributed by atoms with van der Waals surface area (Å²) in [5.74, 6) is -1.10. The fourth-order valence-electron chi connectivity index (χ4n) is 2.93. The molecule has 0 saturated heterocycles. The van der Waals surface area contributed by atoms with Crippen molar-refractivity contribution in [3.8, 4) is 5.75 Å². The molecule has 1 N–H and O–H groups in total. The minimum Gasteiger partial charge on any atom is -0.481 e. The van der Waals surface area contributed by atoms with Crippen LogP contribution in [0.3, 0.4) is 0 Å². The van der Waals surface area contributed by atoms with E-state index in [0.29, 0.717) is 16.6 Å². The topological polar surface area (TPSA) is 79.7 Å². The number of benzene rings is 2. The molecule has 1 aliphatic rings. The second kappa shape index (κ2) is 6.07. The van der Waals surface area contributed by atoms with Crippen molar-refractivity contribution in [3.63, 3.8) is 0 Å². The van der Waals surface area contributed by atoms with Crippen molar-refractivity contribution >= 4 is 60.2 Å². The van der Waals surface area contributed by atoms with E-state index in [0.717, 1.165) is 14.7 Å². The van der Waals surface area contributed by atoms with Gasteiger partial charge < -0.3 is 9.84 Å². The molecule has 4 rings (SSSR count). The number of aliphatic carboxylic acids is 1. The average Bonchev–Trinajstić information content (AvgIpc) is 2.97. The fraction of sp³-hybridized carbons (Fsp3) is 0.167. The predicted molar refractivity (Wildman–Crippen MR) is 102 cm³/mol. The highest BCUT2D eigenvalue weighted by atomic mass is 79.9. The Morgan fingerprint density at radius 2 is 2.12 bits per heavy atom. The highest BCUT2D eigenvalue weighted by Crippen LogP contribution is 2.44. The van der Waals surface area contributed by atoms with Crippen molar-refractivity contribution in [3.05, 3.63) is 46.9 Å². The quantitative estimate of drug-likeness (QED) is 0.665. The van der Waals surface area contributed by atoms with Gasteiger partial charge in [-0.05, 0) is 37.3 Å². The molecule has 132 valence electrons. The van der Waals surface area contributed by atoms with Crippen LogP contribution in [0.1, 0.15) is 13.3 Å². The van der Waals surface area contributed by atoms with Crippen LogP contribution in [-0.2, 0) is 9.59 Å². The fourth-order valence-corrected chi connectivity index (χ4v) is 4.24. The van der Waals surface area contributed by atoms with Crippen LogP contribution in [0.15, 0.2) is 46.9 Å². The number of carboxylic acids is 1. The van der Waals surface area contributed by atoms with Crippen LogP contribution in [-0.4, -0.2) is 27.6 Å². The third-order valence-corrected chi connectivity index (χ3v) is 5.63. The largest absolute Gasteiger partial charge is 0.481 e. The van der Waals surface area contributed by atoms with Gasteiger partial charge in [0, 0.05) is 4.47 Å². The summed E-state index contributed by atoms with van der Waals surface area (Å²) >= 11 is 4.79. The summed E-state index contributed by atoms with van der Waals surface area (Å²) in [6, 6.07) is 12.8. The number of halogens is 1. The highest BCUT2D eigenvalue weighted by molar-refractivity contribution is 9.10. The van der Waals surface area contributed by atoms with Gasteiger partial charge in [0.1, 0.15) is 5.75 Å². The molecule has 0 bridgehead atoms. The smallest absolute Gasteiger partial charge is 0.307 e. The second-order valence-electron chi connectivity index (χ2n) is 6.12. The number of anilines is 2. The Morgan fingerprint density at radius 1 is 1.35 bits per heavy atom. The van der Waals surface area contributed by atoms with Crippen LogP contribution in [0.25, 0.3) is 10.2 Å². The Hall–Kier alpha value is -2.45. The van der Waals surface area contributed by atoms with Gasteiger partial charge in [-0.1, -0.05) is 39.4 Å². The molecule has 3 aromatic rings. The standard InChI is InChI=1S/C18H13BrN2O4S/c1-18(9-15(22)23)16(24)21(12-4-2-3-5-13(12)25-18)17-20-11-8-10(19)6-7-14(11)26-17/h2-8H,9H2,1H3,(H,22,23). The summed E-state index contributed by atoms with van der Waals surface area (Å²) in [4.78, 5) is 30.5. The van der Waals surface area contributed by atoms with Crippen LogP contribution in [0.5, 0.6) is 5.75 Å². The second-order valence-corrected chi connectivity index (χ2v) is 8.04. The number of rotatable bonds is 3. The molecule has 1 aromatic heterocycles. The van der Waals surface area contributed by atoms with E-state index in [1.165, 1.54) is 23.2 Å². The number of aromatic nitrogens is 1. The zero-order valence-electron chi connectivity index (χ0n) is 13.6. The Kier molecular flexibility index (Phi) is 3.96. The minimum absolute atomic E-state index is 0.437. The molecule has 0 fully saturated rings. The first-order chi connectivity index (χ1) is 12.4. The lowest BCUT2D eigenvalue weighted by molar-refractivity contribution is -0.148. The monoisotopic (exact) mass is 432 g/mol. The van der Waals surface area contributed by atoms with Gasteiger partial charge in [0.2, 0.25) is 0 Å². The minimum atomic E-state index is -1.50. The molecule has 6 nitrogen and oxygen atoms in total. The summed E-state index contributed by atoms with van der Waals surface area (Å²) < 4.78 is 7.61. The van der Waals surface area contributed by atoms with E-state index in [2.05, 4.69) is 20.9 Å². The molecule has 1 amide bonds. The third-order valence-electron chi connectivity index (χ3n) is 4.12. The maximum absolute atomic E-state index is 13.2. The molecule has 1 unspecified atom stereocenters. The van der Waals surface area contributed by atoms with E-state index in [-0.39, 0.29) is 0 Å². The first-order valence-electron chi connectivity index (χ1n) is 7.78. The third kappa shape index (κ3) is 2.75. The van der Waals surface area contributed by atoms with Crippen LogP contribution in [0.2, 0.25) is 0 Å². The number of amides is 1. The number of carboxylic acid groups (broad SMARTS) is 1. The number of fused-ring (bicyclic) bond motifs is 2. The van der Waals surface area contributed by atoms with Crippen molar-refractivity contribution < 1.29 is 19.4 Å². The van der Waals surface area contributed by atoms with E-state index in [1.807, 2.05) is 18.2 Å². The van der Waals surface area contributed by atoms with Crippen molar-refractivity contribution in [1.82, 2.24) is 4.98 Å². The molecule has 0 radical (unpaired) electrons. The molecule has 0 spiro atoms. The molecule has 0 aliphatic carbocycles. The SMILES string of the molecule is CC1(CC(=O)O)Oc2ccccc2N(c2nc3cc(Br)ccc3s2)C1=O. The van der Waals surface area contributed by atoms with E-state index in [9.17, 15) is 14.7 Å². The summed E-state index contributed by atoms with van der Waals surface area (Å²) in [5.41, 5.74) is -0.187. The van der Waals surface area contributed by atoms with Crippen molar-refractivity contribution in [2.75, 3.05) is 4.90 Å². The molecule has 26 heavy (non-hydrogen) atoms. The first kappa shape index (κ1) is 17.0. The molecule has 0 saturated carbocycles. The number of ether oxygens (including phenoxy) is 1. The van der Waals surface area contributed by atoms with Gasteiger partial charge in [-0.25, -0.2) is 9.88 Å². The van der Waals surface area contributed by atoms with E-state index in [4.69, 9.17) is 4.74 Å². The number of thiazole rings is 1. The number of nitrogens with zero attached hydrogens (tertiary/aromatic N) is 2. The Labute approximate surface area is 161 Å². The average molecular weight is 433 g/mol. The molecular formula is C18H13BrN2O4S. The van der Waals surface area contributed by atoms with E-state index in [1.54, 1.807) is 24.3 Å². The van der Waals surface area contributed by atoms with Gasteiger partial charge in [0.25, 0.3) is 5.91 Å². The Balaban J connectivity index is 1.89. The zero-order valence-corrected chi connectivity index (χ0v) is 16.0. The number of hydrogen-bond acceptors (Lipinski definition) is 5. The lowest BCUT2D eigenvalue weighted by Gasteiger charge is -2.38. The first-order valence-corrected chi connectivity index (χ1v) is 9.39. The maximum Gasteiger partial charge on any atom is 0.307 e. The van der Waals surface area contributed by atoms with E-state index >= 15 is 0 Å². The van der Waals surface area contributed by atoms with Gasteiger partial charge >= 0.3 is 5.97 Å². The van der Waals surface area contributed by atoms with Crippen LogP contribution < -0.4 is 9.64 Å². The summed E-state index contributed by atoms with van der Waals surface area (Å²) in [5, 5.41) is 9.71. The van der Waals surface area contributed by atoms with Crippen molar-refractivity contribution in [2.24, 2.45) is 0 Å². The van der Waals surface area contributed by atoms with Crippen LogP contribution >= 0.6 is 27.3 Å². The van der Waals surface area contributed by atoms with Gasteiger partial charge in [-0.2, -0.15) is 0 Å². The number of hydrogen-bond donors (Lipinski definition) is 1. The highest BCUT2D eigenvalue weighted by Gasteiger charge is 2.47. The molecular weight excluding hydrogens is 420 g/mol. The Bertz CT molecular complexity index is 1050. The molecule has 1 atom stereocenters. The molecule has 8 heteroatoms. The summed E-state index contributed by atoms with van der Waals surface area (Å²) in [6.07, 6.45) is -0.437. The van der Waals surface area contributed by atoms with Crippen LogP contribution in [0, 0.1) is 0 Å². The van der Waals surface area contributed by atoms with Crippen LogP contribution in [0.4, 0.5) is 10.8 Å². The summed E-state index contributed by atoms with van der Waals surface area (Å²) in [6.45, 7) is 1.50. The van der Waals surface area contributed by atoms with Gasteiger partial charge in [0.05, 0.1) is 22.3 Å². The number of para-hydroxylation sites is 2. The van der Waals surface area contributed by atoms with Crippen molar-refractivity contribution in [1.29, 1.82) is 0 Å². The number of carbonyl (C=O) groups excluding carboxylic acids is 1. The lowest BCUT2D eigenvalue weighted by atomic mass is 9.97.